The lowest BCUT2D eigenvalue weighted by Crippen LogP contribution is -2.26. The van der Waals surface area contributed by atoms with Crippen molar-refractivity contribution in [2.75, 3.05) is 19.8 Å². The summed E-state index contributed by atoms with van der Waals surface area (Å²) < 4.78 is 11.7. The van der Waals surface area contributed by atoms with Crippen LogP contribution in [0, 0.1) is 5.92 Å². The van der Waals surface area contributed by atoms with Crippen molar-refractivity contribution >= 4 is 0 Å². The maximum atomic E-state index is 5.87. The van der Waals surface area contributed by atoms with Crippen molar-refractivity contribution in [3.8, 4) is 5.75 Å². The Bertz CT molecular complexity index is 402. The minimum atomic E-state index is -0.0678. The van der Waals surface area contributed by atoms with Crippen LogP contribution in [-0.4, -0.2) is 25.4 Å². The molecule has 120 valence electrons. The standard InChI is InChI=1S/C18H31NO2/c1-6-18(4,5)21-12-11-20-17-10-8-7-9-16(17)14-19-13-15(2)3/h7-10,15,19H,6,11-14H2,1-5H3. The van der Waals surface area contributed by atoms with Crippen molar-refractivity contribution < 1.29 is 9.47 Å². The molecule has 0 saturated heterocycles. The SMILES string of the molecule is CCC(C)(C)OCCOc1ccccc1CNCC(C)C. The molecule has 0 atom stereocenters. The van der Waals surface area contributed by atoms with Crippen molar-refractivity contribution in [2.45, 2.75) is 53.2 Å². The Morgan fingerprint density at radius 1 is 1.14 bits per heavy atom. The average molecular weight is 293 g/mol. The van der Waals surface area contributed by atoms with Gasteiger partial charge in [-0.05, 0) is 38.8 Å². The Hall–Kier alpha value is -1.06. The van der Waals surface area contributed by atoms with Gasteiger partial charge < -0.3 is 14.8 Å². The Kier molecular flexibility index (Phi) is 7.76. The molecule has 0 aliphatic rings. The highest BCUT2D eigenvalue weighted by Gasteiger charge is 2.14. The zero-order valence-corrected chi connectivity index (χ0v) is 14.2. The molecule has 0 aromatic heterocycles. The second-order valence-electron chi connectivity index (χ2n) is 6.44. The Labute approximate surface area is 130 Å². The molecule has 0 saturated carbocycles. The maximum Gasteiger partial charge on any atom is 0.123 e. The summed E-state index contributed by atoms with van der Waals surface area (Å²) in [6.45, 7) is 13.8. The van der Waals surface area contributed by atoms with Crippen LogP contribution in [0.25, 0.3) is 0 Å². The normalized spacial score (nSPS) is 11.9. The number of ether oxygens (including phenoxy) is 2. The quantitative estimate of drug-likeness (QED) is 0.661. The summed E-state index contributed by atoms with van der Waals surface area (Å²) in [5, 5.41) is 3.45. The molecule has 0 unspecified atom stereocenters. The summed E-state index contributed by atoms with van der Waals surface area (Å²) in [6.07, 6.45) is 1.00. The molecule has 1 rings (SSSR count). The highest BCUT2D eigenvalue weighted by atomic mass is 16.5. The molecule has 1 N–H and O–H groups in total. The van der Waals surface area contributed by atoms with E-state index in [1.54, 1.807) is 0 Å². The first-order valence-corrected chi connectivity index (χ1v) is 8.00. The summed E-state index contributed by atoms with van der Waals surface area (Å²) in [6, 6.07) is 8.20. The van der Waals surface area contributed by atoms with Crippen LogP contribution in [-0.2, 0) is 11.3 Å². The van der Waals surface area contributed by atoms with Crippen molar-refractivity contribution in [1.29, 1.82) is 0 Å². The summed E-state index contributed by atoms with van der Waals surface area (Å²) in [5.74, 6) is 1.61. The van der Waals surface area contributed by atoms with Crippen molar-refractivity contribution in [2.24, 2.45) is 5.92 Å². The van der Waals surface area contributed by atoms with Gasteiger partial charge in [-0.2, -0.15) is 0 Å². The van der Waals surface area contributed by atoms with E-state index >= 15 is 0 Å². The fourth-order valence-electron chi connectivity index (χ4n) is 1.86. The van der Waals surface area contributed by atoms with Crippen LogP contribution in [0.2, 0.25) is 0 Å². The largest absolute Gasteiger partial charge is 0.491 e. The minimum absolute atomic E-state index is 0.0678. The van der Waals surface area contributed by atoms with Gasteiger partial charge in [-0.25, -0.2) is 0 Å². The smallest absolute Gasteiger partial charge is 0.123 e. The van der Waals surface area contributed by atoms with Gasteiger partial charge in [-0.15, -0.1) is 0 Å². The van der Waals surface area contributed by atoms with E-state index in [0.717, 1.165) is 25.3 Å². The van der Waals surface area contributed by atoms with Gasteiger partial charge in [0.25, 0.3) is 0 Å². The van der Waals surface area contributed by atoms with Crippen LogP contribution >= 0.6 is 0 Å². The minimum Gasteiger partial charge on any atom is -0.491 e. The molecule has 0 aliphatic heterocycles. The zero-order valence-electron chi connectivity index (χ0n) is 14.2. The van der Waals surface area contributed by atoms with Gasteiger partial charge in [-0.1, -0.05) is 39.0 Å². The molecule has 0 heterocycles. The summed E-state index contributed by atoms with van der Waals surface area (Å²) in [5.41, 5.74) is 1.13. The van der Waals surface area contributed by atoms with E-state index < -0.39 is 0 Å². The molecular formula is C18H31NO2. The third-order valence-electron chi connectivity index (χ3n) is 3.53. The fourth-order valence-corrected chi connectivity index (χ4v) is 1.86. The lowest BCUT2D eigenvalue weighted by molar-refractivity contribution is -0.0318. The third kappa shape index (κ3) is 7.49. The summed E-state index contributed by atoms with van der Waals surface area (Å²) in [7, 11) is 0. The van der Waals surface area contributed by atoms with E-state index in [4.69, 9.17) is 9.47 Å². The Morgan fingerprint density at radius 3 is 2.52 bits per heavy atom. The van der Waals surface area contributed by atoms with Crippen LogP contribution in [0.4, 0.5) is 0 Å². The van der Waals surface area contributed by atoms with Crippen molar-refractivity contribution in [1.82, 2.24) is 5.32 Å². The number of hydrogen-bond acceptors (Lipinski definition) is 3. The van der Waals surface area contributed by atoms with Gasteiger partial charge in [0.1, 0.15) is 12.4 Å². The van der Waals surface area contributed by atoms with Crippen molar-refractivity contribution in [3.05, 3.63) is 29.8 Å². The molecule has 3 heteroatoms. The second-order valence-corrected chi connectivity index (χ2v) is 6.44. The van der Waals surface area contributed by atoms with Gasteiger partial charge in [0.05, 0.1) is 12.2 Å². The van der Waals surface area contributed by atoms with E-state index in [2.05, 4.69) is 52.1 Å². The first-order valence-electron chi connectivity index (χ1n) is 8.00. The fraction of sp³-hybridized carbons (Fsp3) is 0.667. The highest BCUT2D eigenvalue weighted by Crippen LogP contribution is 2.18. The van der Waals surface area contributed by atoms with Crippen LogP contribution in [0.5, 0.6) is 5.75 Å². The van der Waals surface area contributed by atoms with Crippen LogP contribution in [0.15, 0.2) is 24.3 Å². The van der Waals surface area contributed by atoms with E-state index in [0.29, 0.717) is 19.1 Å². The summed E-state index contributed by atoms with van der Waals surface area (Å²) >= 11 is 0. The third-order valence-corrected chi connectivity index (χ3v) is 3.53. The number of hydrogen-bond donors (Lipinski definition) is 1. The Balaban J connectivity index is 2.40. The van der Waals surface area contributed by atoms with E-state index in [1.165, 1.54) is 5.56 Å². The monoisotopic (exact) mass is 293 g/mol. The lowest BCUT2D eigenvalue weighted by Gasteiger charge is -2.23. The van der Waals surface area contributed by atoms with E-state index in [-0.39, 0.29) is 5.60 Å². The first-order chi connectivity index (χ1) is 9.94. The molecular weight excluding hydrogens is 262 g/mol. The predicted octanol–water partition coefficient (Wildman–Crippen LogP) is 4.02. The molecule has 0 aliphatic carbocycles. The van der Waals surface area contributed by atoms with E-state index in [1.807, 2.05) is 12.1 Å². The number of nitrogens with one attached hydrogen (secondary N) is 1. The number of rotatable bonds is 10. The first kappa shape index (κ1) is 18.0. The van der Waals surface area contributed by atoms with Gasteiger partial charge in [0.15, 0.2) is 0 Å². The molecule has 0 radical (unpaired) electrons. The number of para-hydroxylation sites is 1. The number of benzene rings is 1. The molecule has 0 spiro atoms. The molecule has 0 amide bonds. The maximum absolute atomic E-state index is 5.87. The van der Waals surface area contributed by atoms with Crippen LogP contribution in [0.1, 0.15) is 46.6 Å². The zero-order chi connectivity index (χ0) is 15.7. The van der Waals surface area contributed by atoms with Crippen LogP contribution in [0.3, 0.4) is 0 Å². The van der Waals surface area contributed by atoms with Gasteiger partial charge >= 0.3 is 0 Å². The predicted molar refractivity (Wildman–Crippen MR) is 88.8 cm³/mol. The summed E-state index contributed by atoms with van der Waals surface area (Å²) in [4.78, 5) is 0. The topological polar surface area (TPSA) is 30.5 Å². The lowest BCUT2D eigenvalue weighted by atomic mass is 10.1. The van der Waals surface area contributed by atoms with Crippen molar-refractivity contribution in [3.63, 3.8) is 0 Å². The highest BCUT2D eigenvalue weighted by molar-refractivity contribution is 5.33. The van der Waals surface area contributed by atoms with Gasteiger partial charge in [0.2, 0.25) is 0 Å². The van der Waals surface area contributed by atoms with Gasteiger partial charge in [-0.3, -0.25) is 0 Å². The molecule has 3 nitrogen and oxygen atoms in total. The molecule has 1 aromatic carbocycles. The van der Waals surface area contributed by atoms with E-state index in [9.17, 15) is 0 Å². The Morgan fingerprint density at radius 2 is 1.86 bits per heavy atom. The molecule has 21 heavy (non-hydrogen) atoms. The molecule has 1 aromatic rings. The molecule has 0 fully saturated rings. The second kappa shape index (κ2) is 9.06. The van der Waals surface area contributed by atoms with Crippen LogP contribution < -0.4 is 10.1 Å². The van der Waals surface area contributed by atoms with Gasteiger partial charge in [0, 0.05) is 12.1 Å². The average Bonchev–Trinajstić information content (AvgIpc) is 2.44. The molecule has 0 bridgehead atoms.